The number of hydrogen-bond donors (Lipinski definition) is 2. The van der Waals surface area contributed by atoms with Gasteiger partial charge < -0.3 is 20.7 Å². The summed E-state index contributed by atoms with van der Waals surface area (Å²) in [6, 6.07) is 10.0. The van der Waals surface area contributed by atoms with Crippen LogP contribution in [0, 0.1) is 0 Å². The van der Waals surface area contributed by atoms with Crippen molar-refractivity contribution in [1.82, 2.24) is 10.2 Å². The number of rotatable bonds is 8. The first kappa shape index (κ1) is 21.4. The Hall–Kier alpha value is -1.63. The van der Waals surface area contributed by atoms with Crippen LogP contribution in [0.15, 0.2) is 30.3 Å². The van der Waals surface area contributed by atoms with E-state index in [9.17, 15) is 9.59 Å². The molecule has 2 rings (SSSR count). The van der Waals surface area contributed by atoms with Crippen molar-refractivity contribution in [3.05, 3.63) is 35.9 Å². The monoisotopic (exact) mass is 369 g/mol. The van der Waals surface area contributed by atoms with Gasteiger partial charge in [0, 0.05) is 39.2 Å². The maximum absolute atomic E-state index is 12.3. The Bertz CT molecular complexity index is 538. The molecule has 1 saturated heterocycles. The molecule has 2 atom stereocenters. The minimum absolute atomic E-state index is 0. The van der Waals surface area contributed by atoms with E-state index in [2.05, 4.69) is 5.32 Å². The second-order valence-electron chi connectivity index (χ2n) is 6.18. The minimum Gasteiger partial charge on any atom is -0.380 e. The molecule has 1 aromatic carbocycles. The number of carbonyl (C=O) groups is 2. The van der Waals surface area contributed by atoms with Crippen LogP contribution in [0.4, 0.5) is 0 Å². The van der Waals surface area contributed by atoms with E-state index >= 15 is 0 Å². The zero-order valence-corrected chi connectivity index (χ0v) is 15.5. The first-order valence-corrected chi connectivity index (χ1v) is 8.46. The average molecular weight is 370 g/mol. The number of amides is 2. The zero-order chi connectivity index (χ0) is 17.4. The summed E-state index contributed by atoms with van der Waals surface area (Å²) in [6.45, 7) is 1.60. The van der Waals surface area contributed by atoms with Gasteiger partial charge in [-0.15, -0.1) is 12.4 Å². The van der Waals surface area contributed by atoms with Crippen LogP contribution in [0.25, 0.3) is 0 Å². The normalized spacial score (nSPS) is 17.7. The van der Waals surface area contributed by atoms with Crippen LogP contribution in [-0.2, 0) is 20.7 Å². The molecular formula is C18H28ClN3O3. The molecule has 1 aliphatic heterocycles. The van der Waals surface area contributed by atoms with Gasteiger partial charge in [0.05, 0.1) is 12.5 Å². The van der Waals surface area contributed by atoms with Crippen LogP contribution < -0.4 is 11.1 Å². The number of nitrogens with two attached hydrogens (primary N) is 1. The van der Waals surface area contributed by atoms with Crippen LogP contribution in [0.5, 0.6) is 0 Å². The quantitative estimate of drug-likeness (QED) is 0.719. The van der Waals surface area contributed by atoms with Crippen LogP contribution >= 0.6 is 12.4 Å². The molecule has 7 heteroatoms. The van der Waals surface area contributed by atoms with Crippen molar-refractivity contribution < 1.29 is 14.3 Å². The number of methoxy groups -OCH3 is 1. The van der Waals surface area contributed by atoms with Crippen molar-refractivity contribution in [2.45, 2.75) is 37.8 Å². The van der Waals surface area contributed by atoms with Gasteiger partial charge in [-0.3, -0.25) is 9.59 Å². The molecule has 0 bridgehead atoms. The van der Waals surface area contributed by atoms with E-state index in [1.165, 1.54) is 5.56 Å². The molecule has 25 heavy (non-hydrogen) atoms. The van der Waals surface area contributed by atoms with Crippen molar-refractivity contribution >= 4 is 24.2 Å². The van der Waals surface area contributed by atoms with Crippen molar-refractivity contribution in [3.8, 4) is 0 Å². The first-order valence-electron chi connectivity index (χ1n) is 8.46. The summed E-state index contributed by atoms with van der Waals surface area (Å²) < 4.78 is 5.12. The van der Waals surface area contributed by atoms with Gasteiger partial charge >= 0.3 is 0 Å². The number of likely N-dealkylation sites (tertiary alicyclic amines) is 1. The summed E-state index contributed by atoms with van der Waals surface area (Å²) in [5.41, 5.74) is 6.69. The van der Waals surface area contributed by atoms with E-state index < -0.39 is 0 Å². The maximum atomic E-state index is 12.3. The molecule has 1 aromatic rings. The molecule has 1 fully saturated rings. The van der Waals surface area contributed by atoms with Gasteiger partial charge in [-0.05, 0) is 18.4 Å². The summed E-state index contributed by atoms with van der Waals surface area (Å²) in [6.07, 6.45) is 2.05. The van der Waals surface area contributed by atoms with Crippen LogP contribution in [0.2, 0.25) is 0 Å². The largest absolute Gasteiger partial charge is 0.380 e. The Morgan fingerprint density at radius 1 is 1.36 bits per heavy atom. The van der Waals surface area contributed by atoms with Gasteiger partial charge in [0.2, 0.25) is 11.8 Å². The fourth-order valence-corrected chi connectivity index (χ4v) is 2.91. The lowest BCUT2D eigenvalue weighted by molar-refractivity contribution is -0.130. The smallest absolute Gasteiger partial charge is 0.222 e. The van der Waals surface area contributed by atoms with Gasteiger partial charge in [-0.1, -0.05) is 30.3 Å². The van der Waals surface area contributed by atoms with Crippen molar-refractivity contribution in [1.29, 1.82) is 0 Å². The molecule has 1 aliphatic rings. The maximum Gasteiger partial charge on any atom is 0.222 e. The minimum atomic E-state index is -0.255. The number of carbonyl (C=O) groups excluding carboxylic acids is 2. The van der Waals surface area contributed by atoms with E-state index in [-0.39, 0.29) is 42.8 Å². The molecule has 6 nitrogen and oxygen atoms in total. The van der Waals surface area contributed by atoms with Crippen molar-refractivity contribution in [2.24, 2.45) is 5.73 Å². The second-order valence-corrected chi connectivity index (χ2v) is 6.18. The van der Waals surface area contributed by atoms with E-state index in [1.807, 2.05) is 35.2 Å². The fraction of sp³-hybridized carbons (Fsp3) is 0.556. The standard InChI is InChI=1S/C18H27N3O3.ClH/c1-24-16(12-19)11-17(22)20-15-9-10-21(13-15)18(23)8-7-14-5-3-2-4-6-14;/h2-6,15-16H,7-13,19H2,1H3,(H,20,22);1H. The third-order valence-corrected chi connectivity index (χ3v) is 4.39. The van der Waals surface area contributed by atoms with E-state index in [4.69, 9.17) is 10.5 Å². The molecule has 2 unspecified atom stereocenters. The third kappa shape index (κ3) is 7.02. The molecule has 0 spiro atoms. The van der Waals surface area contributed by atoms with Gasteiger partial charge in [-0.25, -0.2) is 0 Å². The molecule has 140 valence electrons. The fourth-order valence-electron chi connectivity index (χ4n) is 2.91. The molecule has 0 aromatic heterocycles. The van der Waals surface area contributed by atoms with Crippen LogP contribution in [-0.4, -0.2) is 55.6 Å². The molecule has 1 heterocycles. The number of aryl methyl sites for hydroxylation is 1. The summed E-state index contributed by atoms with van der Waals surface area (Å²) in [4.78, 5) is 26.1. The Kier molecular flexibility index (Phi) is 9.49. The van der Waals surface area contributed by atoms with E-state index in [1.54, 1.807) is 7.11 Å². The Balaban J connectivity index is 0.00000312. The first-order chi connectivity index (χ1) is 11.6. The number of benzene rings is 1. The number of hydrogen-bond acceptors (Lipinski definition) is 4. The highest BCUT2D eigenvalue weighted by molar-refractivity contribution is 5.85. The summed E-state index contributed by atoms with van der Waals surface area (Å²) in [7, 11) is 1.55. The SMILES string of the molecule is COC(CN)CC(=O)NC1CCN(C(=O)CCc2ccccc2)C1.Cl. The average Bonchev–Trinajstić information content (AvgIpc) is 3.07. The van der Waals surface area contributed by atoms with Gasteiger partial charge in [0.25, 0.3) is 0 Å². The Morgan fingerprint density at radius 2 is 2.08 bits per heavy atom. The van der Waals surface area contributed by atoms with Crippen molar-refractivity contribution in [3.63, 3.8) is 0 Å². The van der Waals surface area contributed by atoms with Crippen LogP contribution in [0.1, 0.15) is 24.8 Å². The van der Waals surface area contributed by atoms with Gasteiger partial charge in [-0.2, -0.15) is 0 Å². The lowest BCUT2D eigenvalue weighted by atomic mass is 10.1. The number of nitrogens with one attached hydrogen (secondary N) is 1. The lowest BCUT2D eigenvalue weighted by Gasteiger charge is -2.18. The number of ether oxygens (including phenoxy) is 1. The lowest BCUT2D eigenvalue weighted by Crippen LogP contribution is -2.40. The molecule has 0 radical (unpaired) electrons. The summed E-state index contributed by atoms with van der Waals surface area (Å²) in [5.74, 6) is 0.0724. The van der Waals surface area contributed by atoms with Gasteiger partial charge in [0.15, 0.2) is 0 Å². The molecule has 3 N–H and O–H groups in total. The van der Waals surface area contributed by atoms with Gasteiger partial charge in [0.1, 0.15) is 0 Å². The predicted molar refractivity (Wildman–Crippen MR) is 99.6 cm³/mol. The second kappa shape index (κ2) is 11.1. The summed E-state index contributed by atoms with van der Waals surface area (Å²) in [5, 5.41) is 2.97. The highest BCUT2D eigenvalue weighted by Crippen LogP contribution is 2.13. The number of nitrogens with zero attached hydrogens (tertiary/aromatic N) is 1. The van der Waals surface area contributed by atoms with E-state index in [0.29, 0.717) is 26.1 Å². The zero-order valence-electron chi connectivity index (χ0n) is 14.6. The Morgan fingerprint density at radius 3 is 2.72 bits per heavy atom. The third-order valence-electron chi connectivity index (χ3n) is 4.39. The molecule has 0 aliphatic carbocycles. The molecule has 0 saturated carbocycles. The molecular weight excluding hydrogens is 342 g/mol. The Labute approximate surface area is 155 Å². The predicted octanol–water partition coefficient (Wildman–Crippen LogP) is 1.12. The summed E-state index contributed by atoms with van der Waals surface area (Å²) >= 11 is 0. The van der Waals surface area contributed by atoms with E-state index in [0.717, 1.165) is 12.8 Å². The highest BCUT2D eigenvalue weighted by Gasteiger charge is 2.27. The molecule has 2 amide bonds. The van der Waals surface area contributed by atoms with Crippen LogP contribution in [0.3, 0.4) is 0 Å². The van der Waals surface area contributed by atoms with Crippen molar-refractivity contribution in [2.75, 3.05) is 26.7 Å². The highest BCUT2D eigenvalue weighted by atomic mass is 35.5. The number of halogens is 1. The topological polar surface area (TPSA) is 84.7 Å².